The van der Waals surface area contributed by atoms with Crippen molar-refractivity contribution in [2.24, 2.45) is 5.73 Å². The predicted molar refractivity (Wildman–Crippen MR) is 49.7 cm³/mol. The van der Waals surface area contributed by atoms with E-state index in [9.17, 15) is 4.79 Å². The number of hydrogen-bond acceptors (Lipinski definition) is 3. The smallest absolute Gasteiger partial charge is 0.255 e. The molecule has 0 unspecified atom stereocenters. The van der Waals surface area contributed by atoms with E-state index < -0.39 is 0 Å². The molecule has 0 aliphatic rings. The van der Waals surface area contributed by atoms with Gasteiger partial charge in [-0.25, -0.2) is 0 Å². The second-order valence-electron chi connectivity index (χ2n) is 2.55. The Morgan fingerprint density at radius 3 is 2.67 bits per heavy atom. The van der Waals surface area contributed by atoms with Crippen LogP contribution in [0.2, 0.25) is 0 Å². The molecule has 0 aliphatic heterocycles. The third-order valence-corrected chi connectivity index (χ3v) is 1.85. The van der Waals surface area contributed by atoms with Gasteiger partial charge in [0.2, 0.25) is 0 Å². The van der Waals surface area contributed by atoms with E-state index >= 15 is 0 Å². The van der Waals surface area contributed by atoms with Crippen LogP contribution in [0, 0.1) is 11.7 Å². The van der Waals surface area contributed by atoms with Crippen molar-refractivity contribution in [3.8, 4) is 0 Å². The number of rotatable bonds is 2. The van der Waals surface area contributed by atoms with Crippen LogP contribution in [0.1, 0.15) is 11.3 Å². The van der Waals surface area contributed by atoms with Gasteiger partial charge in [-0.05, 0) is 32.1 Å². The molecular weight excluding hydrogens is 174 g/mol. The van der Waals surface area contributed by atoms with Crippen LogP contribution in [0.3, 0.4) is 0 Å². The third-order valence-electron chi connectivity index (χ3n) is 1.65. The van der Waals surface area contributed by atoms with Gasteiger partial charge in [-0.3, -0.25) is 9.78 Å². The fraction of sp³-hybridized carbons (Fsp3) is 0.429. The summed E-state index contributed by atoms with van der Waals surface area (Å²) in [6.07, 6.45) is 0.577. The Kier molecular flexibility index (Phi) is 2.78. The summed E-state index contributed by atoms with van der Waals surface area (Å²) in [6.45, 7) is 2.28. The highest BCUT2D eigenvalue weighted by molar-refractivity contribution is 7.71. The van der Waals surface area contributed by atoms with Crippen molar-refractivity contribution < 1.29 is 0 Å². The first kappa shape index (κ1) is 9.15. The van der Waals surface area contributed by atoms with Gasteiger partial charge in [-0.1, -0.05) is 0 Å². The summed E-state index contributed by atoms with van der Waals surface area (Å²) in [6, 6.07) is 0. The SMILES string of the molecule is Cc1[nH]c(=S)[nH]c(=O)c1CCN. The van der Waals surface area contributed by atoms with Crippen LogP contribution in [0.4, 0.5) is 0 Å². The van der Waals surface area contributed by atoms with Crippen molar-refractivity contribution in [1.29, 1.82) is 0 Å². The molecule has 1 aromatic rings. The molecule has 0 spiro atoms. The van der Waals surface area contributed by atoms with Crippen LogP contribution in [0.15, 0.2) is 4.79 Å². The average molecular weight is 185 g/mol. The number of hydrogen-bond donors (Lipinski definition) is 3. The zero-order valence-electron chi connectivity index (χ0n) is 6.81. The molecule has 4 nitrogen and oxygen atoms in total. The minimum Gasteiger partial charge on any atom is -0.336 e. The van der Waals surface area contributed by atoms with E-state index in [4.69, 9.17) is 18.0 Å². The summed E-state index contributed by atoms with van der Waals surface area (Å²) >= 11 is 4.79. The second-order valence-corrected chi connectivity index (χ2v) is 2.96. The van der Waals surface area contributed by atoms with Crippen molar-refractivity contribution in [1.82, 2.24) is 9.97 Å². The minimum absolute atomic E-state index is 0.137. The summed E-state index contributed by atoms with van der Waals surface area (Å²) in [7, 11) is 0. The van der Waals surface area contributed by atoms with Crippen LogP contribution in [-0.4, -0.2) is 16.5 Å². The minimum atomic E-state index is -0.137. The van der Waals surface area contributed by atoms with Crippen molar-refractivity contribution in [2.45, 2.75) is 13.3 Å². The van der Waals surface area contributed by atoms with Crippen LogP contribution < -0.4 is 11.3 Å². The molecular formula is C7H11N3OS. The molecule has 5 heteroatoms. The first-order chi connectivity index (χ1) is 5.65. The Morgan fingerprint density at radius 1 is 1.50 bits per heavy atom. The molecule has 12 heavy (non-hydrogen) atoms. The van der Waals surface area contributed by atoms with E-state index in [0.717, 1.165) is 5.69 Å². The highest BCUT2D eigenvalue weighted by atomic mass is 32.1. The number of aryl methyl sites for hydroxylation is 1. The Hall–Kier alpha value is -0.940. The maximum Gasteiger partial charge on any atom is 0.255 e. The zero-order valence-corrected chi connectivity index (χ0v) is 7.62. The Labute approximate surface area is 74.8 Å². The normalized spacial score (nSPS) is 10.2. The van der Waals surface area contributed by atoms with E-state index in [1.165, 1.54) is 0 Å². The van der Waals surface area contributed by atoms with Gasteiger partial charge in [0.1, 0.15) is 0 Å². The second kappa shape index (κ2) is 3.64. The van der Waals surface area contributed by atoms with Crippen molar-refractivity contribution in [3.63, 3.8) is 0 Å². The molecule has 0 saturated carbocycles. The van der Waals surface area contributed by atoms with Crippen molar-refractivity contribution in [2.75, 3.05) is 6.54 Å². The van der Waals surface area contributed by atoms with E-state index in [1.54, 1.807) is 0 Å². The topological polar surface area (TPSA) is 74.7 Å². The summed E-state index contributed by atoms with van der Waals surface area (Å²) < 4.78 is 0.360. The summed E-state index contributed by atoms with van der Waals surface area (Å²) in [5, 5.41) is 0. The maximum absolute atomic E-state index is 11.3. The Morgan fingerprint density at radius 2 is 2.17 bits per heavy atom. The van der Waals surface area contributed by atoms with Crippen LogP contribution in [0.5, 0.6) is 0 Å². The maximum atomic E-state index is 11.3. The molecule has 1 aromatic heterocycles. The van der Waals surface area contributed by atoms with Gasteiger partial charge in [-0.2, -0.15) is 0 Å². The molecule has 66 valence electrons. The van der Waals surface area contributed by atoms with Crippen molar-refractivity contribution in [3.05, 3.63) is 26.4 Å². The molecule has 0 bridgehead atoms. The highest BCUT2D eigenvalue weighted by Crippen LogP contribution is 1.96. The molecule has 0 aromatic carbocycles. The molecule has 0 fully saturated rings. The largest absolute Gasteiger partial charge is 0.336 e. The predicted octanol–water partition coefficient (Wildman–Crippen LogP) is 0.242. The molecule has 1 heterocycles. The van der Waals surface area contributed by atoms with Gasteiger partial charge in [0.05, 0.1) is 0 Å². The standard InChI is InChI=1S/C7H11N3OS/c1-4-5(2-3-8)6(11)10-7(12)9-4/h2-3,8H2,1H3,(H2,9,10,11,12). The van der Waals surface area contributed by atoms with E-state index in [2.05, 4.69) is 9.97 Å². The van der Waals surface area contributed by atoms with E-state index in [1.807, 2.05) is 6.92 Å². The van der Waals surface area contributed by atoms with E-state index in [0.29, 0.717) is 23.3 Å². The van der Waals surface area contributed by atoms with Crippen LogP contribution in [0.25, 0.3) is 0 Å². The lowest BCUT2D eigenvalue weighted by atomic mass is 10.2. The van der Waals surface area contributed by atoms with Gasteiger partial charge in [-0.15, -0.1) is 0 Å². The lowest BCUT2D eigenvalue weighted by Crippen LogP contribution is -2.19. The van der Waals surface area contributed by atoms with Gasteiger partial charge in [0, 0.05) is 11.3 Å². The number of H-pyrrole nitrogens is 2. The molecule has 4 N–H and O–H groups in total. The van der Waals surface area contributed by atoms with Crippen LogP contribution in [-0.2, 0) is 6.42 Å². The first-order valence-corrected chi connectivity index (χ1v) is 4.08. The number of aromatic nitrogens is 2. The fourth-order valence-corrected chi connectivity index (χ4v) is 1.32. The third kappa shape index (κ3) is 1.80. The number of nitrogens with two attached hydrogens (primary N) is 1. The van der Waals surface area contributed by atoms with Crippen molar-refractivity contribution >= 4 is 12.2 Å². The molecule has 0 amide bonds. The van der Waals surface area contributed by atoms with Gasteiger partial charge in [0.15, 0.2) is 4.77 Å². The van der Waals surface area contributed by atoms with E-state index in [-0.39, 0.29) is 5.56 Å². The lowest BCUT2D eigenvalue weighted by molar-refractivity contribution is 0.890. The quantitative estimate of drug-likeness (QED) is 0.578. The summed E-state index contributed by atoms with van der Waals surface area (Å²) in [5.74, 6) is 0. The molecule has 0 atom stereocenters. The fourth-order valence-electron chi connectivity index (χ4n) is 1.07. The summed E-state index contributed by atoms with van der Waals surface area (Å²) in [4.78, 5) is 16.6. The van der Waals surface area contributed by atoms with Gasteiger partial charge >= 0.3 is 0 Å². The zero-order chi connectivity index (χ0) is 9.14. The Bertz CT molecular complexity index is 379. The number of nitrogens with one attached hydrogen (secondary N) is 2. The van der Waals surface area contributed by atoms with Gasteiger partial charge < -0.3 is 10.7 Å². The molecule has 0 radical (unpaired) electrons. The first-order valence-electron chi connectivity index (χ1n) is 3.67. The van der Waals surface area contributed by atoms with Crippen LogP contribution >= 0.6 is 12.2 Å². The average Bonchev–Trinajstić information content (AvgIpc) is 1.96. The Balaban J connectivity index is 3.29. The molecule has 0 aliphatic carbocycles. The number of aromatic amines is 2. The highest BCUT2D eigenvalue weighted by Gasteiger charge is 2.02. The lowest BCUT2D eigenvalue weighted by Gasteiger charge is -2.01. The van der Waals surface area contributed by atoms with Gasteiger partial charge in [0.25, 0.3) is 5.56 Å². The monoisotopic (exact) mass is 185 g/mol. The summed E-state index contributed by atoms with van der Waals surface area (Å²) in [5.41, 5.74) is 6.69. The molecule has 0 saturated heterocycles. The molecule has 1 rings (SSSR count).